The maximum absolute atomic E-state index is 13.2. The summed E-state index contributed by atoms with van der Waals surface area (Å²) in [6.45, 7) is 12.4. The SMILES string of the molecule is CC(C)CN(C[C@@H](O)[C@H](Cc1ccccc1)NC(=O)CC(C)(C)C(=O)OCc1ccccc1)S(=O)(=O)NC(C)(C)C. The molecule has 0 saturated heterocycles. The number of rotatable bonds is 15. The zero-order chi connectivity index (χ0) is 30.8. The highest BCUT2D eigenvalue weighted by Gasteiger charge is 2.35. The molecule has 10 heteroatoms. The summed E-state index contributed by atoms with van der Waals surface area (Å²) in [4.78, 5) is 26.0. The van der Waals surface area contributed by atoms with Gasteiger partial charge in [-0.2, -0.15) is 17.4 Å². The number of ether oxygens (including phenoxy) is 1. The van der Waals surface area contributed by atoms with E-state index in [4.69, 9.17) is 4.74 Å². The van der Waals surface area contributed by atoms with E-state index in [1.165, 1.54) is 4.31 Å². The highest BCUT2D eigenvalue weighted by molar-refractivity contribution is 7.87. The van der Waals surface area contributed by atoms with Gasteiger partial charge in [-0.15, -0.1) is 0 Å². The first-order valence-electron chi connectivity index (χ1n) is 14.0. The number of esters is 1. The first kappa shape index (κ1) is 34.4. The largest absolute Gasteiger partial charge is 0.460 e. The standard InChI is InChI=1S/C31H47N3O6S/c1-23(2)20-34(41(38,39)33-30(3,4)5)21-27(35)26(18-24-14-10-8-11-15-24)32-28(36)19-31(6,7)29(37)40-22-25-16-12-9-13-17-25/h8-17,23,26-27,33,35H,18-22H2,1-7H3,(H,32,36)/t26-,27+/m0/s1. The molecule has 0 saturated carbocycles. The van der Waals surface area contributed by atoms with Gasteiger partial charge in [0.25, 0.3) is 10.2 Å². The van der Waals surface area contributed by atoms with Crippen molar-refractivity contribution in [2.75, 3.05) is 13.1 Å². The molecule has 0 aromatic heterocycles. The summed E-state index contributed by atoms with van der Waals surface area (Å²) in [6, 6.07) is 17.8. The van der Waals surface area contributed by atoms with Gasteiger partial charge in [0.05, 0.1) is 17.6 Å². The number of carbonyl (C=O) groups excluding carboxylic acids is 2. The van der Waals surface area contributed by atoms with Gasteiger partial charge >= 0.3 is 5.97 Å². The van der Waals surface area contributed by atoms with E-state index in [1.54, 1.807) is 34.6 Å². The summed E-state index contributed by atoms with van der Waals surface area (Å²) in [5, 5.41) is 14.2. The Morgan fingerprint density at radius 2 is 1.44 bits per heavy atom. The van der Waals surface area contributed by atoms with Crippen LogP contribution in [0.3, 0.4) is 0 Å². The number of aliphatic hydroxyl groups is 1. The van der Waals surface area contributed by atoms with Crippen molar-refractivity contribution in [3.63, 3.8) is 0 Å². The number of hydrogen-bond acceptors (Lipinski definition) is 6. The van der Waals surface area contributed by atoms with Gasteiger partial charge in [-0.1, -0.05) is 74.5 Å². The van der Waals surface area contributed by atoms with Crippen LogP contribution in [0.4, 0.5) is 0 Å². The lowest BCUT2D eigenvalue weighted by Crippen LogP contribution is -2.55. The summed E-state index contributed by atoms with van der Waals surface area (Å²) in [5.41, 5.74) is -0.124. The van der Waals surface area contributed by atoms with E-state index in [-0.39, 0.29) is 38.5 Å². The molecule has 41 heavy (non-hydrogen) atoms. The minimum absolute atomic E-state index is 0.00334. The van der Waals surface area contributed by atoms with Crippen LogP contribution in [0.25, 0.3) is 0 Å². The molecule has 0 heterocycles. The van der Waals surface area contributed by atoms with Crippen LogP contribution < -0.4 is 10.0 Å². The normalized spacial score (nSPS) is 14.1. The Kier molecular flexibility index (Phi) is 12.5. The molecule has 228 valence electrons. The quantitative estimate of drug-likeness (QED) is 0.271. The lowest BCUT2D eigenvalue weighted by Gasteiger charge is -2.33. The maximum atomic E-state index is 13.2. The highest BCUT2D eigenvalue weighted by Crippen LogP contribution is 2.24. The number of amides is 1. The molecule has 2 aromatic carbocycles. The van der Waals surface area contributed by atoms with E-state index in [0.29, 0.717) is 0 Å². The smallest absolute Gasteiger partial charge is 0.312 e. The first-order valence-corrected chi connectivity index (χ1v) is 15.4. The molecule has 0 spiro atoms. The Hall–Kier alpha value is -2.79. The monoisotopic (exact) mass is 589 g/mol. The molecule has 1 amide bonds. The lowest BCUT2D eigenvalue weighted by atomic mass is 9.88. The number of benzene rings is 2. The van der Waals surface area contributed by atoms with Crippen LogP contribution >= 0.6 is 0 Å². The number of carbonyl (C=O) groups is 2. The lowest BCUT2D eigenvalue weighted by molar-refractivity contribution is -0.157. The Labute approximate surface area is 245 Å². The number of hydrogen-bond donors (Lipinski definition) is 3. The molecule has 2 aromatic rings. The van der Waals surface area contributed by atoms with Crippen LogP contribution in [0.2, 0.25) is 0 Å². The molecule has 2 atom stereocenters. The second-order valence-electron chi connectivity index (χ2n) is 12.6. The van der Waals surface area contributed by atoms with E-state index >= 15 is 0 Å². The fourth-order valence-corrected chi connectivity index (χ4v) is 6.01. The Morgan fingerprint density at radius 1 is 0.902 bits per heavy atom. The first-order chi connectivity index (χ1) is 19.0. The average molecular weight is 590 g/mol. The van der Waals surface area contributed by atoms with E-state index < -0.39 is 45.2 Å². The predicted molar refractivity (Wildman–Crippen MR) is 161 cm³/mol. The van der Waals surface area contributed by atoms with Crippen LogP contribution in [0.1, 0.15) is 66.0 Å². The maximum Gasteiger partial charge on any atom is 0.312 e. The molecule has 0 aliphatic carbocycles. The third kappa shape index (κ3) is 12.3. The molecule has 0 aliphatic rings. The van der Waals surface area contributed by atoms with Crippen molar-refractivity contribution in [1.82, 2.24) is 14.3 Å². The number of aliphatic hydroxyl groups excluding tert-OH is 1. The van der Waals surface area contributed by atoms with Crippen molar-refractivity contribution < 1.29 is 27.9 Å². The highest BCUT2D eigenvalue weighted by atomic mass is 32.2. The molecule has 0 unspecified atom stereocenters. The van der Waals surface area contributed by atoms with Crippen molar-refractivity contribution in [3.05, 3.63) is 71.8 Å². The van der Waals surface area contributed by atoms with Gasteiger partial charge in [0, 0.05) is 25.0 Å². The molecule has 2 rings (SSSR count). The van der Waals surface area contributed by atoms with Crippen LogP contribution in [0, 0.1) is 11.3 Å². The van der Waals surface area contributed by atoms with Gasteiger partial charge in [-0.3, -0.25) is 9.59 Å². The van der Waals surface area contributed by atoms with Crippen molar-refractivity contribution in [2.24, 2.45) is 11.3 Å². The third-order valence-corrected chi connectivity index (χ3v) is 8.06. The van der Waals surface area contributed by atoms with E-state index in [0.717, 1.165) is 11.1 Å². The summed E-state index contributed by atoms with van der Waals surface area (Å²) in [5.74, 6) is -0.958. The van der Waals surface area contributed by atoms with Crippen LogP contribution in [0.15, 0.2) is 60.7 Å². The molecule has 0 radical (unpaired) electrons. The van der Waals surface area contributed by atoms with Crippen molar-refractivity contribution in [3.8, 4) is 0 Å². The summed E-state index contributed by atoms with van der Waals surface area (Å²) in [7, 11) is -3.92. The topological polar surface area (TPSA) is 125 Å². The van der Waals surface area contributed by atoms with Gasteiger partial charge in [-0.05, 0) is 58.1 Å². The summed E-state index contributed by atoms with van der Waals surface area (Å²) >= 11 is 0. The van der Waals surface area contributed by atoms with Crippen LogP contribution in [-0.4, -0.2) is 60.5 Å². The second-order valence-corrected chi connectivity index (χ2v) is 14.3. The van der Waals surface area contributed by atoms with Gasteiger partial charge in [0.15, 0.2) is 0 Å². The van der Waals surface area contributed by atoms with Gasteiger partial charge < -0.3 is 15.2 Å². The van der Waals surface area contributed by atoms with E-state index in [2.05, 4.69) is 10.0 Å². The number of nitrogens with zero attached hydrogens (tertiary/aromatic N) is 1. The Bertz CT molecular complexity index is 1210. The average Bonchev–Trinajstić information content (AvgIpc) is 2.85. The van der Waals surface area contributed by atoms with E-state index in [1.807, 2.05) is 74.5 Å². The van der Waals surface area contributed by atoms with Gasteiger partial charge in [0.1, 0.15) is 6.61 Å². The molecule has 0 bridgehead atoms. The predicted octanol–water partition coefficient (Wildman–Crippen LogP) is 3.83. The van der Waals surface area contributed by atoms with Crippen molar-refractivity contribution >= 4 is 22.1 Å². The minimum atomic E-state index is -3.92. The molecule has 0 aliphatic heterocycles. The zero-order valence-corrected chi connectivity index (χ0v) is 26.2. The Balaban J connectivity index is 2.19. The Morgan fingerprint density at radius 3 is 1.95 bits per heavy atom. The number of nitrogens with one attached hydrogen (secondary N) is 2. The van der Waals surface area contributed by atoms with Crippen LogP contribution in [-0.2, 0) is 37.6 Å². The fourth-order valence-electron chi connectivity index (χ4n) is 4.27. The zero-order valence-electron chi connectivity index (χ0n) is 25.4. The van der Waals surface area contributed by atoms with Gasteiger partial charge in [0.2, 0.25) is 5.91 Å². The summed E-state index contributed by atoms with van der Waals surface area (Å²) < 4.78 is 35.8. The molecular formula is C31H47N3O6S. The molecule has 9 nitrogen and oxygen atoms in total. The van der Waals surface area contributed by atoms with Crippen molar-refractivity contribution in [2.45, 2.75) is 85.6 Å². The summed E-state index contributed by atoms with van der Waals surface area (Å²) in [6.07, 6.45) is -1.12. The van der Waals surface area contributed by atoms with Gasteiger partial charge in [-0.25, -0.2) is 0 Å². The fraction of sp³-hybridized carbons (Fsp3) is 0.548. The second kappa shape index (κ2) is 14.9. The molecule has 0 fully saturated rings. The third-order valence-electron chi connectivity index (χ3n) is 6.21. The van der Waals surface area contributed by atoms with E-state index in [9.17, 15) is 23.1 Å². The molecular weight excluding hydrogens is 542 g/mol. The van der Waals surface area contributed by atoms with Crippen molar-refractivity contribution in [1.29, 1.82) is 0 Å². The molecule has 3 N–H and O–H groups in total. The van der Waals surface area contributed by atoms with Crippen LogP contribution in [0.5, 0.6) is 0 Å². The minimum Gasteiger partial charge on any atom is -0.460 e.